The predicted molar refractivity (Wildman–Crippen MR) is 137 cm³/mol. The number of phenolic OH excluding ortho intramolecular Hbond substituents is 1. The third-order valence-corrected chi connectivity index (χ3v) is 7.96. The molecule has 11 nitrogen and oxygen atoms in total. The highest BCUT2D eigenvalue weighted by atomic mass is 32.2. The van der Waals surface area contributed by atoms with E-state index in [-0.39, 0.29) is 35.2 Å². The number of aliphatic carboxylic acids is 1. The molecule has 0 unspecified atom stereocenters. The van der Waals surface area contributed by atoms with Crippen molar-refractivity contribution in [3.63, 3.8) is 0 Å². The number of para-hydroxylation sites is 2. The second kappa shape index (κ2) is 10.3. The minimum atomic E-state index is -1.21. The highest BCUT2D eigenvalue weighted by Crippen LogP contribution is 2.40. The fourth-order valence-corrected chi connectivity index (χ4v) is 5.92. The maximum absolute atomic E-state index is 13.1. The van der Waals surface area contributed by atoms with E-state index in [9.17, 15) is 29.4 Å². The average Bonchev–Trinajstić information content (AvgIpc) is 3.24. The van der Waals surface area contributed by atoms with Crippen LogP contribution in [0.2, 0.25) is 0 Å². The Bertz CT molecular complexity index is 1390. The van der Waals surface area contributed by atoms with Gasteiger partial charge >= 0.3 is 5.97 Å². The third kappa shape index (κ3) is 4.87. The smallest absolute Gasteiger partial charge is 0.352 e. The van der Waals surface area contributed by atoms with Gasteiger partial charge in [-0.3, -0.25) is 19.3 Å². The van der Waals surface area contributed by atoms with Crippen LogP contribution in [0.3, 0.4) is 0 Å². The number of β-lactam (4-membered cyclic amide) rings is 1. The lowest BCUT2D eigenvalue weighted by molar-refractivity contribution is -0.684. The zero-order chi connectivity index (χ0) is 27.0. The number of anilines is 1. The number of carboxylic acids is 1. The number of nitrogens with one attached hydrogen (secondary N) is 1. The van der Waals surface area contributed by atoms with Crippen LogP contribution in [0.4, 0.5) is 5.69 Å². The molecule has 4 heterocycles. The van der Waals surface area contributed by atoms with Crippen molar-refractivity contribution in [3.8, 4) is 5.75 Å². The molecule has 5 N–H and O–H groups in total. The lowest BCUT2D eigenvalue weighted by atomic mass is 10.0. The summed E-state index contributed by atoms with van der Waals surface area (Å²) in [7, 11) is 0. The van der Waals surface area contributed by atoms with Crippen molar-refractivity contribution in [2.75, 3.05) is 17.6 Å². The third-order valence-electron chi connectivity index (χ3n) is 6.64. The standard InChI is InChI=1S/C26H25N5O6S/c27-21-24(35)31-22(26(36)37)17(14-38-25(21)31)11-16-7-10-30(23(16)34)12-15-5-8-29(9-6-15)13-20(33)28-18-3-1-2-4-19(18)32/h1-6,8-9,11,21,25H,7,10,12-14,27H2,(H2-,28,32,33,36,37)/p+1/t21-,25-/m1/s1. The second-order valence-corrected chi connectivity index (χ2v) is 10.3. The number of benzene rings is 1. The quantitative estimate of drug-likeness (QED) is 0.173. The summed E-state index contributed by atoms with van der Waals surface area (Å²) < 4.78 is 1.69. The first-order valence-corrected chi connectivity index (χ1v) is 13.0. The molecule has 38 heavy (non-hydrogen) atoms. The Morgan fingerprint density at radius 2 is 1.92 bits per heavy atom. The molecule has 12 heteroatoms. The number of aromatic hydroxyl groups is 1. The molecule has 0 spiro atoms. The molecule has 2 atom stereocenters. The highest BCUT2D eigenvalue weighted by Gasteiger charge is 2.51. The summed E-state index contributed by atoms with van der Waals surface area (Å²) in [6.45, 7) is 0.901. The topological polar surface area (TPSA) is 157 Å². The zero-order valence-electron chi connectivity index (χ0n) is 20.2. The number of fused-ring (bicyclic) bond motifs is 1. The average molecular weight is 537 g/mol. The van der Waals surface area contributed by atoms with E-state index in [1.165, 1.54) is 22.7 Å². The molecule has 0 bridgehead atoms. The number of thioether (sulfide) groups is 1. The number of nitrogens with zero attached hydrogens (tertiary/aromatic N) is 3. The van der Waals surface area contributed by atoms with Gasteiger partial charge in [0.2, 0.25) is 18.4 Å². The number of amides is 3. The fourth-order valence-electron chi connectivity index (χ4n) is 4.67. The largest absolute Gasteiger partial charge is 0.506 e. The number of nitrogens with two attached hydrogens (primary N) is 1. The number of rotatable bonds is 7. The molecule has 0 saturated carbocycles. The van der Waals surface area contributed by atoms with Crippen molar-refractivity contribution in [2.24, 2.45) is 5.73 Å². The van der Waals surface area contributed by atoms with Gasteiger partial charge in [-0.1, -0.05) is 12.1 Å². The van der Waals surface area contributed by atoms with Gasteiger partial charge in [0, 0.05) is 36.5 Å². The van der Waals surface area contributed by atoms with Crippen LogP contribution in [0.25, 0.3) is 0 Å². The van der Waals surface area contributed by atoms with E-state index in [4.69, 9.17) is 5.73 Å². The summed E-state index contributed by atoms with van der Waals surface area (Å²) in [5.41, 5.74) is 7.85. The molecule has 3 aliphatic rings. The van der Waals surface area contributed by atoms with Gasteiger partial charge in [-0.2, -0.15) is 4.57 Å². The van der Waals surface area contributed by atoms with Gasteiger partial charge in [0.25, 0.3) is 5.91 Å². The minimum Gasteiger partial charge on any atom is -0.506 e. The monoisotopic (exact) mass is 536 g/mol. The maximum Gasteiger partial charge on any atom is 0.352 e. The number of hydrogen-bond acceptors (Lipinski definition) is 7. The normalized spacial score (nSPS) is 22.0. The van der Waals surface area contributed by atoms with Crippen LogP contribution in [0.5, 0.6) is 5.75 Å². The number of carboxylic acid groups (broad SMARTS) is 1. The Morgan fingerprint density at radius 1 is 1.18 bits per heavy atom. The first-order valence-electron chi connectivity index (χ1n) is 12.0. The van der Waals surface area contributed by atoms with E-state index in [0.29, 0.717) is 42.1 Å². The molecule has 2 aromatic rings. The summed E-state index contributed by atoms with van der Waals surface area (Å²) in [6.07, 6.45) is 5.56. The van der Waals surface area contributed by atoms with Crippen LogP contribution in [0.1, 0.15) is 12.0 Å². The van der Waals surface area contributed by atoms with Crippen molar-refractivity contribution in [3.05, 3.63) is 77.3 Å². The molecule has 0 aliphatic carbocycles. The molecular weight excluding hydrogens is 510 g/mol. The number of pyridine rings is 1. The Labute approximate surface area is 222 Å². The van der Waals surface area contributed by atoms with Gasteiger partial charge in [0.05, 0.1) is 5.69 Å². The van der Waals surface area contributed by atoms with E-state index in [0.717, 1.165) is 5.56 Å². The van der Waals surface area contributed by atoms with E-state index >= 15 is 0 Å². The van der Waals surface area contributed by atoms with E-state index in [2.05, 4.69) is 5.32 Å². The number of carbonyl (C=O) groups is 4. The Balaban J connectivity index is 1.22. The highest BCUT2D eigenvalue weighted by molar-refractivity contribution is 8.00. The summed E-state index contributed by atoms with van der Waals surface area (Å²) >= 11 is 1.39. The van der Waals surface area contributed by atoms with E-state index in [1.807, 2.05) is 12.1 Å². The lowest BCUT2D eigenvalue weighted by Gasteiger charge is -2.47. The SMILES string of the molecule is N[C@@H]1C(=O)N2C(C(=O)O)=C(C=C3CCN(Cc4cc[n+](CC(=O)Nc5ccccc5O)cc4)C3=O)CS[C@H]12. The second-order valence-electron chi connectivity index (χ2n) is 9.20. The number of carbonyl (C=O) groups excluding carboxylic acids is 3. The van der Waals surface area contributed by atoms with Crippen LogP contribution < -0.4 is 15.6 Å². The van der Waals surface area contributed by atoms with Crippen LogP contribution in [0.15, 0.2) is 71.7 Å². The van der Waals surface area contributed by atoms with Crippen molar-refractivity contribution in [1.82, 2.24) is 9.80 Å². The van der Waals surface area contributed by atoms with Crippen LogP contribution in [-0.4, -0.2) is 67.4 Å². The number of phenols is 1. The first kappa shape index (κ1) is 25.5. The summed E-state index contributed by atoms with van der Waals surface area (Å²) in [4.78, 5) is 52.3. The van der Waals surface area contributed by atoms with Gasteiger partial charge in [-0.15, -0.1) is 11.8 Å². The summed E-state index contributed by atoms with van der Waals surface area (Å²) in [5.74, 6) is -1.76. The number of hydrogen-bond donors (Lipinski definition) is 4. The first-order chi connectivity index (χ1) is 18.2. The molecule has 196 valence electrons. The van der Waals surface area contributed by atoms with Crippen molar-refractivity contribution in [1.29, 1.82) is 0 Å². The van der Waals surface area contributed by atoms with Crippen molar-refractivity contribution < 1.29 is 34.0 Å². The van der Waals surface area contributed by atoms with Crippen molar-refractivity contribution >= 4 is 41.1 Å². The Hall–Kier alpha value is -4.16. The Morgan fingerprint density at radius 3 is 2.63 bits per heavy atom. The molecule has 1 aromatic carbocycles. The van der Waals surface area contributed by atoms with E-state index < -0.39 is 17.9 Å². The van der Waals surface area contributed by atoms with Gasteiger partial charge in [0.1, 0.15) is 22.9 Å². The van der Waals surface area contributed by atoms with E-state index in [1.54, 1.807) is 46.1 Å². The predicted octanol–water partition coefficient (Wildman–Crippen LogP) is 0.558. The van der Waals surface area contributed by atoms with Crippen LogP contribution >= 0.6 is 11.8 Å². The number of aromatic nitrogens is 1. The van der Waals surface area contributed by atoms with Gasteiger partial charge < -0.3 is 26.2 Å². The molecule has 0 radical (unpaired) electrons. The molecular formula is C26H26N5O6S+. The van der Waals surface area contributed by atoms with Gasteiger partial charge in [-0.05, 0) is 35.8 Å². The lowest BCUT2D eigenvalue weighted by Crippen LogP contribution is -2.68. The molecule has 2 fully saturated rings. The summed E-state index contributed by atoms with van der Waals surface area (Å²) in [5, 5.41) is 21.8. The zero-order valence-corrected chi connectivity index (χ0v) is 21.1. The molecule has 2 saturated heterocycles. The number of allylic oxidation sites excluding steroid dienone is 1. The molecule has 5 rings (SSSR count). The number of likely N-dealkylation sites (tertiary alicyclic amines) is 1. The maximum atomic E-state index is 13.1. The van der Waals surface area contributed by atoms with Gasteiger partial charge in [0.15, 0.2) is 12.4 Å². The molecule has 3 amide bonds. The van der Waals surface area contributed by atoms with Crippen LogP contribution in [0, 0.1) is 0 Å². The summed E-state index contributed by atoms with van der Waals surface area (Å²) in [6, 6.07) is 9.43. The fraction of sp³-hybridized carbons (Fsp3) is 0.269. The molecule has 1 aromatic heterocycles. The van der Waals surface area contributed by atoms with Crippen LogP contribution in [-0.2, 0) is 32.3 Å². The molecule has 3 aliphatic heterocycles. The minimum absolute atomic E-state index is 0.00922. The van der Waals surface area contributed by atoms with Gasteiger partial charge in [-0.25, -0.2) is 4.79 Å². The van der Waals surface area contributed by atoms with Crippen molar-refractivity contribution in [2.45, 2.75) is 30.9 Å². The Kier molecular flexibility index (Phi) is 6.91.